The van der Waals surface area contributed by atoms with E-state index in [0.717, 1.165) is 35.0 Å². The summed E-state index contributed by atoms with van der Waals surface area (Å²) in [6.07, 6.45) is 4.33. The highest BCUT2D eigenvalue weighted by molar-refractivity contribution is 7.98. The van der Waals surface area contributed by atoms with Gasteiger partial charge in [0.1, 0.15) is 4.83 Å². The van der Waals surface area contributed by atoms with Gasteiger partial charge in [0.25, 0.3) is 5.56 Å². The highest BCUT2D eigenvalue weighted by Gasteiger charge is 2.22. The summed E-state index contributed by atoms with van der Waals surface area (Å²) in [5.74, 6) is 0.300. The normalized spacial score (nSPS) is 13.4. The molecule has 30 heavy (non-hydrogen) atoms. The van der Waals surface area contributed by atoms with Gasteiger partial charge >= 0.3 is 5.97 Å². The van der Waals surface area contributed by atoms with Crippen LogP contribution >= 0.6 is 23.1 Å². The number of benzene rings is 1. The number of hydrogen-bond donors (Lipinski definition) is 0. The number of thioether (sulfide) groups is 1. The Labute approximate surface area is 183 Å². The number of methoxy groups -OCH3 is 2. The first kappa shape index (κ1) is 21.1. The number of rotatable bonds is 7. The van der Waals surface area contributed by atoms with Gasteiger partial charge in [-0.3, -0.25) is 9.36 Å². The lowest BCUT2D eigenvalue weighted by molar-refractivity contribution is 0.0600. The van der Waals surface area contributed by atoms with Crippen LogP contribution < -0.4 is 5.56 Å². The number of carbonyl (C=O) groups is 1. The highest BCUT2D eigenvalue weighted by atomic mass is 32.2. The van der Waals surface area contributed by atoms with Crippen LogP contribution in [-0.4, -0.2) is 36.3 Å². The first-order valence-electron chi connectivity index (χ1n) is 9.96. The SMILES string of the molecule is COCCn1c(SCc2ccc(C(=O)OC)cc2)nc2sc3c(c2c1=O)CCCC3. The van der Waals surface area contributed by atoms with E-state index in [2.05, 4.69) is 0 Å². The van der Waals surface area contributed by atoms with Crippen molar-refractivity contribution in [3.63, 3.8) is 0 Å². The van der Waals surface area contributed by atoms with Crippen molar-refractivity contribution < 1.29 is 14.3 Å². The summed E-state index contributed by atoms with van der Waals surface area (Å²) in [5.41, 5.74) is 2.82. The van der Waals surface area contributed by atoms with Crippen molar-refractivity contribution in [2.24, 2.45) is 0 Å². The second-order valence-electron chi connectivity index (χ2n) is 7.21. The molecule has 0 spiro atoms. The van der Waals surface area contributed by atoms with Crippen molar-refractivity contribution in [1.82, 2.24) is 9.55 Å². The predicted octanol–water partition coefficient (Wildman–Crippen LogP) is 4.06. The number of hydrogen-bond acceptors (Lipinski definition) is 7. The Kier molecular flexibility index (Phi) is 6.55. The molecule has 0 saturated carbocycles. The Morgan fingerprint density at radius 1 is 1.20 bits per heavy atom. The molecular weight excluding hydrogens is 420 g/mol. The smallest absolute Gasteiger partial charge is 0.337 e. The molecule has 0 radical (unpaired) electrons. The van der Waals surface area contributed by atoms with Crippen molar-refractivity contribution in [3.05, 3.63) is 56.2 Å². The van der Waals surface area contributed by atoms with Crippen LogP contribution in [0.25, 0.3) is 10.2 Å². The molecule has 1 aliphatic carbocycles. The number of esters is 1. The summed E-state index contributed by atoms with van der Waals surface area (Å²) in [4.78, 5) is 32.0. The lowest BCUT2D eigenvalue weighted by atomic mass is 9.97. The number of carbonyl (C=O) groups excluding carboxylic acids is 1. The fourth-order valence-electron chi connectivity index (χ4n) is 3.71. The maximum absolute atomic E-state index is 13.4. The predicted molar refractivity (Wildman–Crippen MR) is 120 cm³/mol. The summed E-state index contributed by atoms with van der Waals surface area (Å²) in [5, 5.41) is 1.51. The van der Waals surface area contributed by atoms with Gasteiger partial charge in [0.05, 0.1) is 31.2 Å². The third-order valence-electron chi connectivity index (χ3n) is 5.30. The number of nitrogens with zero attached hydrogens (tertiary/aromatic N) is 2. The molecule has 0 bridgehead atoms. The molecule has 0 saturated heterocycles. The largest absolute Gasteiger partial charge is 0.465 e. The zero-order chi connectivity index (χ0) is 21.1. The molecule has 0 atom stereocenters. The van der Waals surface area contributed by atoms with E-state index in [1.54, 1.807) is 35.1 Å². The van der Waals surface area contributed by atoms with Crippen LogP contribution in [0.1, 0.15) is 39.2 Å². The third kappa shape index (κ3) is 4.17. The van der Waals surface area contributed by atoms with Crippen molar-refractivity contribution in [2.45, 2.75) is 43.1 Å². The van der Waals surface area contributed by atoms with Gasteiger partial charge in [0, 0.05) is 17.7 Å². The third-order valence-corrected chi connectivity index (χ3v) is 7.54. The summed E-state index contributed by atoms with van der Waals surface area (Å²) >= 11 is 3.20. The van der Waals surface area contributed by atoms with Gasteiger partial charge in [0.2, 0.25) is 0 Å². The molecule has 2 heterocycles. The second kappa shape index (κ2) is 9.32. The van der Waals surface area contributed by atoms with Gasteiger partial charge in [-0.2, -0.15) is 0 Å². The average Bonchev–Trinajstić information content (AvgIpc) is 3.15. The molecule has 0 N–H and O–H groups in total. The van der Waals surface area contributed by atoms with Crippen LogP contribution in [-0.2, 0) is 34.6 Å². The minimum Gasteiger partial charge on any atom is -0.465 e. The van der Waals surface area contributed by atoms with E-state index in [0.29, 0.717) is 29.6 Å². The number of thiophene rings is 1. The van der Waals surface area contributed by atoms with Gasteiger partial charge in [-0.1, -0.05) is 23.9 Å². The molecule has 1 aliphatic rings. The zero-order valence-corrected chi connectivity index (χ0v) is 18.7. The van der Waals surface area contributed by atoms with Gasteiger partial charge in [-0.15, -0.1) is 11.3 Å². The van der Waals surface area contributed by atoms with Crippen LogP contribution in [0.15, 0.2) is 34.2 Å². The van der Waals surface area contributed by atoms with Crippen molar-refractivity contribution >= 4 is 39.3 Å². The molecule has 6 nitrogen and oxygen atoms in total. The molecule has 0 amide bonds. The van der Waals surface area contributed by atoms with E-state index in [1.807, 2.05) is 12.1 Å². The summed E-state index contributed by atoms with van der Waals surface area (Å²) in [6.45, 7) is 0.938. The summed E-state index contributed by atoms with van der Waals surface area (Å²) in [7, 11) is 3.01. The van der Waals surface area contributed by atoms with Crippen LogP contribution in [0.3, 0.4) is 0 Å². The van der Waals surface area contributed by atoms with Gasteiger partial charge in [0.15, 0.2) is 5.16 Å². The molecule has 4 rings (SSSR count). The zero-order valence-electron chi connectivity index (χ0n) is 17.1. The molecule has 0 fully saturated rings. The van der Waals surface area contributed by atoms with Crippen molar-refractivity contribution in [2.75, 3.05) is 20.8 Å². The van der Waals surface area contributed by atoms with Crippen LogP contribution in [0.4, 0.5) is 0 Å². The minimum atomic E-state index is -0.351. The first-order valence-corrected chi connectivity index (χ1v) is 11.8. The van der Waals surface area contributed by atoms with Crippen LogP contribution in [0.2, 0.25) is 0 Å². The fourth-order valence-corrected chi connectivity index (χ4v) is 6.00. The summed E-state index contributed by atoms with van der Waals surface area (Å²) in [6, 6.07) is 7.31. The van der Waals surface area contributed by atoms with E-state index >= 15 is 0 Å². The Morgan fingerprint density at radius 3 is 2.70 bits per heavy atom. The van der Waals surface area contributed by atoms with E-state index in [-0.39, 0.29) is 11.5 Å². The number of aryl methyl sites for hydroxylation is 2. The number of aromatic nitrogens is 2. The lowest BCUT2D eigenvalue weighted by Crippen LogP contribution is -2.25. The van der Waals surface area contributed by atoms with E-state index in [9.17, 15) is 9.59 Å². The highest BCUT2D eigenvalue weighted by Crippen LogP contribution is 2.35. The Hall–Kier alpha value is -2.16. The topological polar surface area (TPSA) is 70.4 Å². The first-order chi connectivity index (χ1) is 14.6. The molecule has 0 aliphatic heterocycles. The quantitative estimate of drug-likeness (QED) is 0.311. The maximum atomic E-state index is 13.4. The Morgan fingerprint density at radius 2 is 1.97 bits per heavy atom. The van der Waals surface area contributed by atoms with Crippen molar-refractivity contribution in [1.29, 1.82) is 0 Å². The lowest BCUT2D eigenvalue weighted by Gasteiger charge is -2.13. The molecule has 1 aromatic carbocycles. The van der Waals surface area contributed by atoms with Gasteiger partial charge in [-0.05, 0) is 48.9 Å². The number of ether oxygens (including phenoxy) is 2. The summed E-state index contributed by atoms with van der Waals surface area (Å²) < 4.78 is 11.7. The fraction of sp³-hybridized carbons (Fsp3) is 0.409. The van der Waals surface area contributed by atoms with E-state index in [1.165, 1.54) is 35.7 Å². The minimum absolute atomic E-state index is 0.0417. The van der Waals surface area contributed by atoms with E-state index in [4.69, 9.17) is 14.5 Å². The van der Waals surface area contributed by atoms with Crippen LogP contribution in [0, 0.1) is 0 Å². The van der Waals surface area contributed by atoms with Gasteiger partial charge in [-0.25, -0.2) is 9.78 Å². The van der Waals surface area contributed by atoms with Crippen molar-refractivity contribution in [3.8, 4) is 0 Å². The molecule has 3 aromatic rings. The standard InChI is InChI=1S/C22H24N2O4S2/c1-27-12-11-24-20(25)18-16-5-3-4-6-17(16)30-19(18)23-22(24)29-13-14-7-9-15(10-8-14)21(26)28-2/h7-10H,3-6,11-13H2,1-2H3. The molecule has 158 valence electrons. The maximum Gasteiger partial charge on any atom is 0.337 e. The Balaban J connectivity index is 1.65. The molecule has 8 heteroatoms. The molecule has 2 aromatic heterocycles. The van der Waals surface area contributed by atoms with Crippen LogP contribution in [0.5, 0.6) is 0 Å². The average molecular weight is 445 g/mol. The number of fused-ring (bicyclic) bond motifs is 3. The van der Waals surface area contributed by atoms with Gasteiger partial charge < -0.3 is 9.47 Å². The second-order valence-corrected chi connectivity index (χ2v) is 9.24. The Bertz CT molecular complexity index is 1120. The molecular formula is C22H24N2O4S2. The van der Waals surface area contributed by atoms with E-state index < -0.39 is 0 Å². The monoisotopic (exact) mass is 444 g/mol. The molecule has 0 unspecified atom stereocenters.